The van der Waals surface area contributed by atoms with Crippen LogP contribution in [0.15, 0.2) is 36.4 Å². The average molecular weight is 488 g/mol. The molecule has 0 aliphatic carbocycles. The Hall–Kier alpha value is -3.21. The molecule has 4 heterocycles. The zero-order valence-electron chi connectivity index (χ0n) is 21.1. The molecule has 3 fully saturated rings. The van der Waals surface area contributed by atoms with E-state index < -0.39 is 5.60 Å². The SMILES string of the molecule is Cc1c(C(=O)CN2[C@@H]3CC[C@H]2[C@@H](O)C3)cc(/C=C/CC2CC(C)(C)OC2=O)n1-c1ccc(C#N)cc1. The van der Waals surface area contributed by atoms with Crippen molar-refractivity contribution in [1.29, 1.82) is 5.26 Å². The first-order valence-corrected chi connectivity index (χ1v) is 12.8. The number of aromatic nitrogens is 1. The van der Waals surface area contributed by atoms with E-state index >= 15 is 0 Å². The molecule has 1 aromatic carbocycles. The van der Waals surface area contributed by atoms with Crippen molar-refractivity contribution in [3.63, 3.8) is 0 Å². The van der Waals surface area contributed by atoms with Crippen LogP contribution in [0.3, 0.4) is 0 Å². The van der Waals surface area contributed by atoms with E-state index in [-0.39, 0.29) is 35.9 Å². The minimum Gasteiger partial charge on any atom is -0.459 e. The molecule has 2 aromatic rings. The quantitative estimate of drug-likeness (QED) is 0.465. The van der Waals surface area contributed by atoms with Crippen LogP contribution in [0.5, 0.6) is 0 Å². The molecule has 1 unspecified atom stereocenters. The van der Waals surface area contributed by atoms with Gasteiger partial charge in [-0.3, -0.25) is 14.5 Å². The molecule has 36 heavy (non-hydrogen) atoms. The van der Waals surface area contributed by atoms with E-state index in [1.54, 1.807) is 12.1 Å². The fraction of sp³-hybridized carbons (Fsp3) is 0.483. The number of ketones is 1. The maximum Gasteiger partial charge on any atom is 0.309 e. The molecule has 0 spiro atoms. The second-order valence-corrected chi connectivity index (χ2v) is 11.0. The lowest BCUT2D eigenvalue weighted by molar-refractivity contribution is -0.148. The Labute approximate surface area is 212 Å². The van der Waals surface area contributed by atoms with Gasteiger partial charge in [0, 0.05) is 41.1 Å². The maximum atomic E-state index is 13.5. The number of fused-ring (bicyclic) bond motifs is 2. The highest BCUT2D eigenvalue weighted by atomic mass is 16.6. The molecule has 1 N–H and O–H groups in total. The smallest absolute Gasteiger partial charge is 0.309 e. The minimum atomic E-state index is -0.433. The van der Waals surface area contributed by atoms with E-state index in [2.05, 4.69) is 11.0 Å². The first-order valence-electron chi connectivity index (χ1n) is 12.8. The van der Waals surface area contributed by atoms with Crippen LogP contribution in [0.4, 0.5) is 0 Å². The molecule has 188 valence electrons. The number of benzene rings is 1. The van der Waals surface area contributed by atoms with Gasteiger partial charge in [0.25, 0.3) is 0 Å². The van der Waals surface area contributed by atoms with Gasteiger partial charge in [0.05, 0.1) is 30.2 Å². The van der Waals surface area contributed by atoms with Gasteiger partial charge in [-0.15, -0.1) is 0 Å². The van der Waals surface area contributed by atoms with E-state index in [1.807, 2.05) is 55.7 Å². The number of nitriles is 1. The molecular formula is C29H33N3O4. The van der Waals surface area contributed by atoms with Gasteiger partial charge in [0.1, 0.15) is 5.60 Å². The number of allylic oxidation sites excluding steroid dienone is 1. The van der Waals surface area contributed by atoms with Crippen molar-refractivity contribution in [3.05, 3.63) is 58.9 Å². The number of ether oxygens (including phenoxy) is 1. The van der Waals surface area contributed by atoms with Gasteiger partial charge < -0.3 is 14.4 Å². The molecule has 3 saturated heterocycles. The number of carbonyl (C=O) groups excluding carboxylic acids is 2. The van der Waals surface area contributed by atoms with Crippen LogP contribution in [0.25, 0.3) is 11.8 Å². The van der Waals surface area contributed by atoms with Gasteiger partial charge in [0.2, 0.25) is 0 Å². The van der Waals surface area contributed by atoms with Gasteiger partial charge in [-0.1, -0.05) is 6.08 Å². The topological polar surface area (TPSA) is 95.6 Å². The molecule has 7 heteroatoms. The van der Waals surface area contributed by atoms with E-state index in [1.165, 1.54) is 0 Å². The molecule has 7 nitrogen and oxygen atoms in total. The molecular weight excluding hydrogens is 454 g/mol. The predicted octanol–water partition coefficient (Wildman–Crippen LogP) is 4.18. The Morgan fingerprint density at radius 1 is 1.28 bits per heavy atom. The van der Waals surface area contributed by atoms with Crippen molar-refractivity contribution >= 4 is 17.8 Å². The number of nitrogens with zero attached hydrogens (tertiary/aromatic N) is 3. The van der Waals surface area contributed by atoms with Gasteiger partial charge >= 0.3 is 5.97 Å². The minimum absolute atomic E-state index is 0.0432. The standard InChI is InChI=1S/C29H33N3O4/c1-18-24(27(34)17-31-22-11-12-25(31)26(33)14-22)13-23(32(18)21-9-7-19(16-30)8-10-21)6-4-5-20-15-29(2,3)36-28(20)35/h4,6-10,13,20,22,25-26,33H,5,11-12,14-15,17H2,1-3H3/b6-4+/t20?,22-,25+,26+/m1/s1. The van der Waals surface area contributed by atoms with Crippen molar-refractivity contribution in [3.8, 4) is 11.8 Å². The number of hydrogen-bond acceptors (Lipinski definition) is 6. The van der Waals surface area contributed by atoms with E-state index in [9.17, 15) is 20.0 Å². The van der Waals surface area contributed by atoms with Crippen molar-refractivity contribution in [1.82, 2.24) is 9.47 Å². The fourth-order valence-electron chi connectivity index (χ4n) is 6.24. The summed E-state index contributed by atoms with van der Waals surface area (Å²) in [6, 6.07) is 11.7. The summed E-state index contributed by atoms with van der Waals surface area (Å²) in [4.78, 5) is 27.9. The van der Waals surface area contributed by atoms with Gasteiger partial charge in [-0.2, -0.15) is 5.26 Å². The second kappa shape index (κ2) is 9.34. The lowest BCUT2D eigenvalue weighted by Gasteiger charge is -2.21. The zero-order valence-corrected chi connectivity index (χ0v) is 21.1. The summed E-state index contributed by atoms with van der Waals surface area (Å²) in [7, 11) is 0. The van der Waals surface area contributed by atoms with Crippen LogP contribution in [-0.2, 0) is 9.53 Å². The maximum absolute atomic E-state index is 13.5. The summed E-state index contributed by atoms with van der Waals surface area (Å²) in [6.45, 7) is 6.10. The number of esters is 1. The van der Waals surface area contributed by atoms with Crippen LogP contribution in [0.2, 0.25) is 0 Å². The Morgan fingerprint density at radius 2 is 2.03 bits per heavy atom. The van der Waals surface area contributed by atoms with E-state index in [0.717, 1.165) is 36.3 Å². The summed E-state index contributed by atoms with van der Waals surface area (Å²) in [6.07, 6.45) is 7.58. The molecule has 5 rings (SSSR count). The number of cyclic esters (lactones) is 1. The van der Waals surface area contributed by atoms with Crippen molar-refractivity contribution in [2.24, 2.45) is 5.92 Å². The Morgan fingerprint density at radius 3 is 2.61 bits per heavy atom. The molecule has 0 radical (unpaired) electrons. The number of Topliss-reactive ketones (excluding diaryl/α,β-unsaturated/α-hetero) is 1. The summed E-state index contributed by atoms with van der Waals surface area (Å²) in [5.41, 5.74) is 3.33. The van der Waals surface area contributed by atoms with Crippen LogP contribution < -0.4 is 0 Å². The molecule has 1 aromatic heterocycles. The van der Waals surface area contributed by atoms with Crippen LogP contribution in [-0.4, -0.2) is 56.7 Å². The van der Waals surface area contributed by atoms with Crippen LogP contribution in [0, 0.1) is 24.2 Å². The molecule has 0 saturated carbocycles. The summed E-state index contributed by atoms with van der Waals surface area (Å²) in [5, 5.41) is 19.5. The lowest BCUT2D eigenvalue weighted by atomic mass is 9.95. The fourth-order valence-corrected chi connectivity index (χ4v) is 6.24. The Balaban J connectivity index is 1.43. The van der Waals surface area contributed by atoms with Gasteiger partial charge in [-0.05, 0) is 82.9 Å². The first kappa shape index (κ1) is 24.5. The third-order valence-electron chi connectivity index (χ3n) is 7.96. The van der Waals surface area contributed by atoms with Crippen molar-refractivity contribution in [2.75, 3.05) is 6.54 Å². The number of hydrogen-bond donors (Lipinski definition) is 1. The average Bonchev–Trinajstić information content (AvgIpc) is 3.53. The lowest BCUT2D eigenvalue weighted by Crippen LogP contribution is -2.36. The predicted molar refractivity (Wildman–Crippen MR) is 136 cm³/mol. The summed E-state index contributed by atoms with van der Waals surface area (Å²) in [5.74, 6) is -0.294. The highest BCUT2D eigenvalue weighted by Gasteiger charge is 2.46. The third kappa shape index (κ3) is 4.52. The Bertz CT molecular complexity index is 1250. The Kier molecular flexibility index (Phi) is 6.36. The molecule has 3 aliphatic rings. The number of aliphatic hydroxyl groups excluding tert-OH is 1. The molecule has 3 aliphatic heterocycles. The van der Waals surface area contributed by atoms with Crippen LogP contribution >= 0.6 is 0 Å². The van der Waals surface area contributed by atoms with Gasteiger partial charge in [-0.25, -0.2) is 0 Å². The molecule has 0 amide bonds. The normalized spacial score (nSPS) is 27.0. The number of aliphatic hydroxyl groups is 1. The highest BCUT2D eigenvalue weighted by Crippen LogP contribution is 2.38. The number of carbonyl (C=O) groups is 2. The second-order valence-electron chi connectivity index (χ2n) is 11.0. The van der Waals surface area contributed by atoms with E-state index in [0.29, 0.717) is 30.5 Å². The monoisotopic (exact) mass is 487 g/mol. The largest absolute Gasteiger partial charge is 0.459 e. The summed E-state index contributed by atoms with van der Waals surface area (Å²) < 4.78 is 7.48. The molecule has 2 bridgehead atoms. The molecule has 4 atom stereocenters. The third-order valence-corrected chi connectivity index (χ3v) is 7.96. The van der Waals surface area contributed by atoms with E-state index in [4.69, 9.17) is 4.74 Å². The first-order chi connectivity index (χ1) is 17.2. The van der Waals surface area contributed by atoms with Crippen molar-refractivity contribution in [2.45, 2.75) is 76.7 Å². The van der Waals surface area contributed by atoms with Crippen molar-refractivity contribution < 1.29 is 19.4 Å². The van der Waals surface area contributed by atoms with Crippen LogP contribution in [0.1, 0.15) is 73.3 Å². The summed E-state index contributed by atoms with van der Waals surface area (Å²) >= 11 is 0. The highest BCUT2D eigenvalue weighted by molar-refractivity contribution is 5.99. The number of rotatable bonds is 7. The van der Waals surface area contributed by atoms with Gasteiger partial charge in [0.15, 0.2) is 5.78 Å². The zero-order chi connectivity index (χ0) is 25.6.